The third kappa shape index (κ3) is 3.61. The van der Waals surface area contributed by atoms with Gasteiger partial charge < -0.3 is 9.64 Å². The van der Waals surface area contributed by atoms with Gasteiger partial charge in [-0.1, -0.05) is 0 Å². The first-order chi connectivity index (χ1) is 9.60. The molecule has 0 spiro atoms. The molecule has 1 aromatic rings. The summed E-state index contributed by atoms with van der Waals surface area (Å²) in [7, 11) is 0. The molecule has 1 saturated heterocycles. The van der Waals surface area contributed by atoms with Crippen LogP contribution in [0.15, 0.2) is 29.2 Å². The number of hydrogen-bond donors (Lipinski definition) is 1. The fraction of sp³-hybridized carbons (Fsp3) is 0.417. The molecule has 1 aliphatic rings. The summed E-state index contributed by atoms with van der Waals surface area (Å²) in [4.78, 5) is 24.0. The number of nitrogens with one attached hydrogen (secondary N) is 1. The molecule has 1 atom stereocenters. The highest BCUT2D eigenvalue weighted by Gasteiger charge is 2.29. The fourth-order valence-corrected chi connectivity index (χ4v) is 2.50. The molecule has 20 heavy (non-hydrogen) atoms. The molecular weight excluding hydrogens is 282 g/mol. The van der Waals surface area contributed by atoms with E-state index in [0.717, 1.165) is 4.90 Å². The summed E-state index contributed by atoms with van der Waals surface area (Å²) < 4.78 is 8.28. The van der Waals surface area contributed by atoms with E-state index in [0.29, 0.717) is 19.6 Å². The van der Waals surface area contributed by atoms with E-state index < -0.39 is 4.92 Å². The first kappa shape index (κ1) is 14.6. The van der Waals surface area contributed by atoms with E-state index >= 15 is 0 Å². The molecule has 8 heteroatoms. The van der Waals surface area contributed by atoms with Crippen LogP contribution in [0.4, 0.5) is 10.5 Å². The molecule has 7 nitrogen and oxygen atoms in total. The molecule has 0 aliphatic carbocycles. The minimum absolute atomic E-state index is 0.0673. The zero-order valence-corrected chi connectivity index (χ0v) is 11.8. The van der Waals surface area contributed by atoms with Gasteiger partial charge in [0.05, 0.1) is 11.5 Å². The molecule has 1 aliphatic heterocycles. The topological polar surface area (TPSA) is 84.7 Å². The van der Waals surface area contributed by atoms with Crippen LogP contribution in [0.5, 0.6) is 0 Å². The Balaban J connectivity index is 1.76. The number of benzene rings is 1. The highest BCUT2D eigenvalue weighted by molar-refractivity contribution is 7.97. The summed E-state index contributed by atoms with van der Waals surface area (Å²) in [6, 6.07) is 6.26. The molecule has 2 rings (SSSR count). The normalized spacial score (nSPS) is 18.1. The van der Waals surface area contributed by atoms with Gasteiger partial charge in [-0.05, 0) is 31.0 Å². The molecule has 0 unspecified atom stereocenters. The largest absolute Gasteiger partial charge is 0.443 e. The Morgan fingerprint density at radius 3 is 2.75 bits per heavy atom. The van der Waals surface area contributed by atoms with Gasteiger partial charge in [-0.25, -0.2) is 4.79 Å². The van der Waals surface area contributed by atoms with Gasteiger partial charge in [0.1, 0.15) is 6.10 Å². The summed E-state index contributed by atoms with van der Waals surface area (Å²) in [6.07, 6.45) is -0.437. The Labute approximate surface area is 120 Å². The third-order valence-corrected chi connectivity index (χ3v) is 3.70. The average molecular weight is 297 g/mol. The monoisotopic (exact) mass is 297 g/mol. The van der Waals surface area contributed by atoms with Crippen LogP contribution >= 0.6 is 11.9 Å². The van der Waals surface area contributed by atoms with Crippen LogP contribution in [-0.4, -0.2) is 41.7 Å². The first-order valence-electron chi connectivity index (χ1n) is 6.20. The Hall–Kier alpha value is -1.80. The number of hydrogen-bond acceptors (Lipinski definition) is 6. The second-order valence-electron chi connectivity index (χ2n) is 4.25. The summed E-state index contributed by atoms with van der Waals surface area (Å²) in [6.45, 7) is 3.67. The lowest BCUT2D eigenvalue weighted by Gasteiger charge is -2.09. The molecule has 1 amide bonds. The predicted molar refractivity (Wildman–Crippen MR) is 74.5 cm³/mol. The van der Waals surface area contributed by atoms with Crippen LogP contribution in [0.1, 0.15) is 6.92 Å². The lowest BCUT2D eigenvalue weighted by atomic mass is 10.3. The molecule has 0 radical (unpaired) electrons. The van der Waals surface area contributed by atoms with E-state index in [1.165, 1.54) is 24.1 Å². The number of carbonyl (C=O) groups excluding carboxylic acids is 1. The van der Waals surface area contributed by atoms with Gasteiger partial charge >= 0.3 is 6.09 Å². The summed E-state index contributed by atoms with van der Waals surface area (Å²) >= 11 is 1.36. The van der Waals surface area contributed by atoms with Crippen LogP contribution in [0, 0.1) is 10.1 Å². The Kier molecular flexibility index (Phi) is 4.80. The number of nitrogens with zero attached hydrogens (tertiary/aromatic N) is 2. The second-order valence-corrected chi connectivity index (χ2v) is 5.21. The van der Waals surface area contributed by atoms with E-state index in [2.05, 4.69) is 4.72 Å². The molecule has 0 bridgehead atoms. The zero-order valence-electron chi connectivity index (χ0n) is 10.9. The number of likely N-dealkylation sites (N-methyl/N-ethyl adjacent to an activating group) is 1. The van der Waals surface area contributed by atoms with E-state index in [-0.39, 0.29) is 17.9 Å². The second kappa shape index (κ2) is 6.58. The number of cyclic esters (lactones) is 1. The van der Waals surface area contributed by atoms with Crippen molar-refractivity contribution in [1.82, 2.24) is 9.62 Å². The van der Waals surface area contributed by atoms with Crippen molar-refractivity contribution in [3.05, 3.63) is 34.4 Å². The standard InChI is InChI=1S/C12H15N3O4S/c1-2-14-8-10(19-12(14)16)7-13-20-11-5-3-9(4-6-11)15(17)18/h3-6,10,13H,2,7-8H2,1H3/t10-/m0/s1. The van der Waals surface area contributed by atoms with Crippen molar-refractivity contribution in [3.63, 3.8) is 0 Å². The summed E-state index contributed by atoms with van der Waals surface area (Å²) in [5.74, 6) is 0. The Morgan fingerprint density at radius 2 is 2.20 bits per heavy atom. The molecular formula is C12H15N3O4S. The molecule has 108 valence electrons. The maximum atomic E-state index is 11.4. The molecule has 1 N–H and O–H groups in total. The van der Waals surface area contributed by atoms with E-state index in [4.69, 9.17) is 4.74 Å². The smallest absolute Gasteiger partial charge is 0.410 e. The fourth-order valence-electron chi connectivity index (χ4n) is 1.79. The van der Waals surface area contributed by atoms with Crippen LogP contribution in [0.2, 0.25) is 0 Å². The van der Waals surface area contributed by atoms with Gasteiger partial charge in [-0.15, -0.1) is 0 Å². The Morgan fingerprint density at radius 1 is 1.50 bits per heavy atom. The quantitative estimate of drug-likeness (QED) is 0.491. The molecule has 0 saturated carbocycles. The van der Waals surface area contributed by atoms with Gasteiger partial charge in [0, 0.05) is 30.1 Å². The summed E-state index contributed by atoms with van der Waals surface area (Å²) in [5.41, 5.74) is 0.0673. The van der Waals surface area contributed by atoms with Gasteiger partial charge in [0.25, 0.3) is 5.69 Å². The van der Waals surface area contributed by atoms with Crippen molar-refractivity contribution in [3.8, 4) is 0 Å². The molecule has 1 heterocycles. The minimum Gasteiger partial charge on any atom is -0.443 e. The molecule has 0 aromatic heterocycles. The predicted octanol–water partition coefficient (Wildman–Crippen LogP) is 2.03. The SMILES string of the molecule is CCN1C[C@H](CNSc2ccc([N+](=O)[O-])cc2)OC1=O. The van der Waals surface area contributed by atoms with Gasteiger partial charge in [0.2, 0.25) is 0 Å². The number of amides is 1. The number of carbonyl (C=O) groups is 1. The zero-order chi connectivity index (χ0) is 14.5. The van der Waals surface area contributed by atoms with Crippen LogP contribution in [-0.2, 0) is 4.74 Å². The number of rotatable bonds is 6. The third-order valence-electron chi connectivity index (χ3n) is 2.88. The van der Waals surface area contributed by atoms with Crippen molar-refractivity contribution in [2.24, 2.45) is 0 Å². The number of non-ortho nitro benzene ring substituents is 1. The van der Waals surface area contributed by atoms with E-state index in [1.54, 1.807) is 17.0 Å². The minimum atomic E-state index is -0.431. The van der Waals surface area contributed by atoms with Crippen LogP contribution in [0.3, 0.4) is 0 Å². The van der Waals surface area contributed by atoms with Gasteiger partial charge in [-0.3, -0.25) is 14.8 Å². The molecule has 1 fully saturated rings. The number of nitro benzene ring substituents is 1. The van der Waals surface area contributed by atoms with Crippen molar-refractivity contribution < 1.29 is 14.5 Å². The first-order valence-corrected chi connectivity index (χ1v) is 7.01. The summed E-state index contributed by atoms with van der Waals surface area (Å²) in [5, 5.41) is 10.5. The number of ether oxygens (including phenoxy) is 1. The molecule has 1 aromatic carbocycles. The maximum Gasteiger partial charge on any atom is 0.410 e. The highest BCUT2D eigenvalue weighted by atomic mass is 32.2. The Bertz CT molecular complexity index is 494. The van der Waals surface area contributed by atoms with Gasteiger partial charge in [0.15, 0.2) is 0 Å². The van der Waals surface area contributed by atoms with E-state index in [9.17, 15) is 14.9 Å². The maximum absolute atomic E-state index is 11.4. The van der Waals surface area contributed by atoms with Crippen molar-refractivity contribution in [2.75, 3.05) is 19.6 Å². The average Bonchev–Trinajstić information content (AvgIpc) is 2.79. The van der Waals surface area contributed by atoms with Crippen molar-refractivity contribution in [1.29, 1.82) is 0 Å². The lowest BCUT2D eigenvalue weighted by molar-refractivity contribution is -0.384. The highest BCUT2D eigenvalue weighted by Crippen LogP contribution is 2.19. The van der Waals surface area contributed by atoms with E-state index in [1.807, 2.05) is 6.92 Å². The van der Waals surface area contributed by atoms with Crippen molar-refractivity contribution >= 4 is 23.7 Å². The lowest BCUT2D eigenvalue weighted by Crippen LogP contribution is -2.28. The van der Waals surface area contributed by atoms with Crippen LogP contribution < -0.4 is 4.72 Å². The number of nitro groups is 1. The van der Waals surface area contributed by atoms with Crippen LogP contribution in [0.25, 0.3) is 0 Å². The van der Waals surface area contributed by atoms with Gasteiger partial charge in [-0.2, -0.15) is 0 Å². The van der Waals surface area contributed by atoms with Crippen molar-refractivity contribution in [2.45, 2.75) is 17.9 Å².